The Morgan fingerprint density at radius 1 is 1.17 bits per heavy atom. The number of hydrogen-bond donors (Lipinski definition) is 2. The predicted octanol–water partition coefficient (Wildman–Crippen LogP) is 5.32. The van der Waals surface area contributed by atoms with Gasteiger partial charge in [0.2, 0.25) is 11.8 Å². The van der Waals surface area contributed by atoms with E-state index in [-0.39, 0.29) is 36.5 Å². The molecule has 0 spiro atoms. The minimum Gasteiger partial charge on any atom is -0.508 e. The predicted molar refractivity (Wildman–Crippen MR) is 172 cm³/mol. The fourth-order valence-corrected chi connectivity index (χ4v) is 7.23. The van der Waals surface area contributed by atoms with Gasteiger partial charge in [-0.2, -0.15) is 0 Å². The van der Waals surface area contributed by atoms with Crippen molar-refractivity contribution in [2.75, 3.05) is 18.6 Å². The smallest absolute Gasteiger partial charge is 0.455 e. The van der Waals surface area contributed by atoms with Gasteiger partial charge in [-0.1, -0.05) is 23.7 Å². The molecule has 13 heteroatoms. The van der Waals surface area contributed by atoms with E-state index in [0.29, 0.717) is 23.4 Å². The highest BCUT2D eigenvalue weighted by Crippen LogP contribution is 2.51. The van der Waals surface area contributed by atoms with Crippen molar-refractivity contribution in [1.29, 1.82) is 0 Å². The van der Waals surface area contributed by atoms with Crippen molar-refractivity contribution in [3.8, 4) is 5.75 Å². The third-order valence-electron chi connectivity index (χ3n) is 8.91. The molecule has 236 valence electrons. The normalized spacial score (nSPS) is 23.1. The van der Waals surface area contributed by atoms with E-state index in [1.54, 1.807) is 25.4 Å². The van der Waals surface area contributed by atoms with Crippen LogP contribution in [0.4, 0.5) is 11.4 Å². The van der Waals surface area contributed by atoms with Crippen LogP contribution < -0.4 is 4.90 Å². The summed E-state index contributed by atoms with van der Waals surface area (Å²) in [5.41, 5.74) is 3.88. The van der Waals surface area contributed by atoms with E-state index in [2.05, 4.69) is 4.98 Å². The number of benzene rings is 2. The number of fused-ring (bicyclic) bond motifs is 3. The molecule has 2 saturated heterocycles. The maximum Gasteiger partial charge on any atom is 0.455 e. The number of aromatic hydroxyl groups is 1. The van der Waals surface area contributed by atoms with Gasteiger partial charge in [-0.25, -0.2) is 4.90 Å². The van der Waals surface area contributed by atoms with Gasteiger partial charge in [-0.3, -0.25) is 24.7 Å². The molecule has 46 heavy (non-hydrogen) atoms. The average molecular weight is 644 g/mol. The molecule has 2 aliphatic heterocycles. The molecule has 2 aromatic carbocycles. The molecule has 1 aromatic heterocycles. The molecule has 3 aromatic rings. The highest BCUT2D eigenvalue weighted by atomic mass is 35.5. The minimum absolute atomic E-state index is 0.0504. The highest BCUT2D eigenvalue weighted by molar-refractivity contribution is 6.43. The van der Waals surface area contributed by atoms with E-state index in [4.69, 9.17) is 21.0 Å². The number of aromatic nitrogens is 1. The number of rotatable bonds is 9. The van der Waals surface area contributed by atoms with E-state index in [0.717, 1.165) is 27.3 Å². The third-order valence-corrected chi connectivity index (χ3v) is 9.24. The number of halogens is 1. The number of allylic oxidation sites excluding steroid dienone is 1. The SMILES string of the molecule is COCC1=C2[C@@H](CC/C(=C/c3ccc(O)cc3Cl)c3ccccn3)OB(O)C[C@@H]2[C@@H]2C(=O)N(c3cccc([N+](=O)[O-])c3)C(=O)[C@@H]2C1. The number of phenolic OH excluding ortho intramolecular Hbond substituents is 1. The van der Waals surface area contributed by atoms with E-state index in [1.807, 2.05) is 24.3 Å². The van der Waals surface area contributed by atoms with Crippen LogP contribution >= 0.6 is 11.6 Å². The molecule has 2 amide bonds. The Labute approximate surface area is 270 Å². The first-order chi connectivity index (χ1) is 22.2. The summed E-state index contributed by atoms with van der Waals surface area (Å²) in [5, 5.41) is 32.6. The van der Waals surface area contributed by atoms with Crippen LogP contribution in [0.25, 0.3) is 11.6 Å². The largest absolute Gasteiger partial charge is 0.508 e. The Balaban J connectivity index is 1.33. The second kappa shape index (κ2) is 13.2. The molecule has 2 fully saturated rings. The van der Waals surface area contributed by atoms with Gasteiger partial charge < -0.3 is 19.5 Å². The summed E-state index contributed by atoms with van der Waals surface area (Å²) in [6.45, 7) is 0.218. The van der Waals surface area contributed by atoms with Gasteiger partial charge in [0.15, 0.2) is 0 Å². The zero-order valence-corrected chi connectivity index (χ0v) is 25.7. The number of nitro groups is 1. The molecule has 2 N–H and O–H groups in total. The summed E-state index contributed by atoms with van der Waals surface area (Å²) in [4.78, 5) is 44.2. The van der Waals surface area contributed by atoms with Crippen LogP contribution in [0.3, 0.4) is 0 Å². The number of methoxy groups -OCH3 is 1. The molecule has 0 saturated carbocycles. The van der Waals surface area contributed by atoms with E-state index in [9.17, 15) is 29.8 Å². The number of carbonyl (C=O) groups excluding carboxylic acids is 2. The van der Waals surface area contributed by atoms with Crippen molar-refractivity contribution in [3.63, 3.8) is 0 Å². The van der Waals surface area contributed by atoms with Crippen LogP contribution in [0.5, 0.6) is 5.75 Å². The number of imide groups is 1. The molecule has 3 heterocycles. The summed E-state index contributed by atoms with van der Waals surface area (Å²) in [6, 6.07) is 15.8. The fourth-order valence-electron chi connectivity index (χ4n) is 7.01. The zero-order chi connectivity index (χ0) is 32.5. The number of carbonyl (C=O) groups is 2. The van der Waals surface area contributed by atoms with Crippen molar-refractivity contribution in [3.05, 3.63) is 104 Å². The number of anilines is 1. The van der Waals surface area contributed by atoms with Crippen LogP contribution in [-0.4, -0.2) is 58.8 Å². The van der Waals surface area contributed by atoms with E-state index in [1.165, 1.54) is 30.3 Å². The lowest BCUT2D eigenvalue weighted by atomic mass is 9.58. The second-order valence-electron chi connectivity index (χ2n) is 11.7. The average Bonchev–Trinajstić information content (AvgIpc) is 3.29. The van der Waals surface area contributed by atoms with E-state index < -0.39 is 47.7 Å². The maximum atomic E-state index is 14.0. The maximum absolute atomic E-state index is 14.0. The lowest BCUT2D eigenvalue weighted by molar-refractivity contribution is -0.384. The molecule has 3 aliphatic rings. The first-order valence-corrected chi connectivity index (χ1v) is 15.3. The Morgan fingerprint density at radius 2 is 2.00 bits per heavy atom. The van der Waals surface area contributed by atoms with Crippen LogP contribution in [0, 0.1) is 27.9 Å². The number of hydrogen-bond acceptors (Lipinski definition) is 9. The van der Waals surface area contributed by atoms with Crippen molar-refractivity contribution in [2.45, 2.75) is 31.7 Å². The zero-order valence-electron chi connectivity index (χ0n) is 24.9. The number of non-ortho nitro benzene ring substituents is 1. The molecule has 0 unspecified atom stereocenters. The summed E-state index contributed by atoms with van der Waals surface area (Å²) >= 11 is 6.43. The van der Waals surface area contributed by atoms with Crippen molar-refractivity contribution in [2.24, 2.45) is 17.8 Å². The van der Waals surface area contributed by atoms with Gasteiger partial charge in [-0.05, 0) is 96.3 Å². The number of phenols is 1. The highest BCUT2D eigenvalue weighted by Gasteiger charge is 2.57. The number of nitro benzene ring substituents is 1. The second-order valence-corrected chi connectivity index (χ2v) is 12.1. The Bertz CT molecular complexity index is 1750. The molecule has 4 atom stereocenters. The van der Waals surface area contributed by atoms with Crippen molar-refractivity contribution >= 4 is 53.6 Å². The number of pyridine rings is 1. The molecule has 0 bridgehead atoms. The van der Waals surface area contributed by atoms with Crippen molar-refractivity contribution in [1.82, 2.24) is 4.98 Å². The molecule has 6 rings (SSSR count). The Morgan fingerprint density at radius 3 is 2.72 bits per heavy atom. The van der Waals surface area contributed by atoms with Gasteiger partial charge in [-0.15, -0.1) is 0 Å². The van der Waals surface area contributed by atoms with Gasteiger partial charge in [0, 0.05) is 25.4 Å². The summed E-state index contributed by atoms with van der Waals surface area (Å²) in [5.74, 6) is -2.77. The summed E-state index contributed by atoms with van der Waals surface area (Å²) in [6.07, 6.45) is 4.27. The molecule has 0 radical (unpaired) electrons. The lowest BCUT2D eigenvalue weighted by Crippen LogP contribution is -2.46. The lowest BCUT2D eigenvalue weighted by Gasteiger charge is -2.43. The minimum atomic E-state index is -1.18. The monoisotopic (exact) mass is 643 g/mol. The number of amides is 2. The summed E-state index contributed by atoms with van der Waals surface area (Å²) in [7, 11) is 0.382. The molecular formula is C33H31BClN3O8. The van der Waals surface area contributed by atoms with Crippen LogP contribution in [0.2, 0.25) is 11.3 Å². The number of nitrogens with zero attached hydrogens (tertiary/aromatic N) is 3. The van der Waals surface area contributed by atoms with Gasteiger partial charge >= 0.3 is 7.12 Å². The summed E-state index contributed by atoms with van der Waals surface area (Å²) < 4.78 is 11.7. The van der Waals surface area contributed by atoms with Gasteiger partial charge in [0.1, 0.15) is 5.75 Å². The quantitative estimate of drug-likeness (QED) is 0.104. The fraction of sp³-hybridized carbons (Fsp3) is 0.303. The Kier molecular flexibility index (Phi) is 9.05. The van der Waals surface area contributed by atoms with Crippen LogP contribution in [-0.2, 0) is 19.0 Å². The molecule has 1 aliphatic carbocycles. The standard InChI is InChI=1S/C33H31BClN3O8/c1-45-18-21-14-25-31(33(41)37(32(25)40)22-5-4-6-23(15-22)38(43)44)26-17-34(42)46-29(30(21)26)11-9-20(28-7-2-3-12-36-28)13-19-8-10-24(39)16-27(19)35/h2-8,10,12-13,15-16,25-26,29,31,39,42H,9,11,14,17-18H2,1H3/b20-13-/t25-,26+,29-,31-/m1/s1. The van der Waals surface area contributed by atoms with E-state index >= 15 is 0 Å². The van der Waals surface area contributed by atoms with Crippen LogP contribution in [0.1, 0.15) is 30.5 Å². The van der Waals surface area contributed by atoms with Gasteiger partial charge in [0.25, 0.3) is 5.69 Å². The first-order valence-electron chi connectivity index (χ1n) is 14.9. The van der Waals surface area contributed by atoms with Crippen LogP contribution in [0.15, 0.2) is 78.0 Å². The Hall–Kier alpha value is -4.36. The number of ether oxygens (including phenoxy) is 1. The van der Waals surface area contributed by atoms with Crippen molar-refractivity contribution < 1.29 is 34.0 Å². The van der Waals surface area contributed by atoms with Gasteiger partial charge in [0.05, 0.1) is 45.9 Å². The molecule has 11 nitrogen and oxygen atoms in total. The molecular weight excluding hydrogens is 613 g/mol. The first kappa shape index (κ1) is 31.6. The third kappa shape index (κ3) is 6.08. The topological polar surface area (TPSA) is 152 Å².